The van der Waals surface area contributed by atoms with E-state index in [1.54, 1.807) is 56.3 Å². The Labute approximate surface area is 224 Å². The van der Waals surface area contributed by atoms with Gasteiger partial charge in [-0.25, -0.2) is 12.8 Å². The van der Waals surface area contributed by atoms with Gasteiger partial charge in [0, 0.05) is 13.1 Å². The molecule has 0 aliphatic carbocycles. The predicted octanol–water partition coefficient (Wildman–Crippen LogP) is 4.53. The molecule has 3 aromatic carbocycles. The molecule has 1 unspecified atom stereocenters. The molecule has 7 nitrogen and oxygen atoms in total. The molecule has 0 saturated heterocycles. The third-order valence-corrected chi connectivity index (χ3v) is 8.03. The summed E-state index contributed by atoms with van der Waals surface area (Å²) in [6, 6.07) is 19.7. The van der Waals surface area contributed by atoms with Crippen LogP contribution in [0.25, 0.3) is 0 Å². The summed E-state index contributed by atoms with van der Waals surface area (Å²) in [5.74, 6) is -1.31. The van der Waals surface area contributed by atoms with Crippen molar-refractivity contribution in [3.63, 3.8) is 0 Å². The first-order chi connectivity index (χ1) is 18.2. The molecular formula is C29H34FN3O4S. The third-order valence-electron chi connectivity index (χ3n) is 6.25. The Hall–Kier alpha value is -3.72. The Morgan fingerprint density at radius 2 is 1.47 bits per heavy atom. The van der Waals surface area contributed by atoms with E-state index in [-0.39, 0.29) is 17.3 Å². The molecule has 0 radical (unpaired) electrons. The average Bonchev–Trinajstić information content (AvgIpc) is 2.93. The molecule has 0 heterocycles. The number of anilines is 1. The monoisotopic (exact) mass is 539 g/mol. The lowest BCUT2D eigenvalue weighted by Crippen LogP contribution is -2.52. The van der Waals surface area contributed by atoms with Crippen LogP contribution in [0.1, 0.15) is 38.3 Å². The lowest BCUT2D eigenvalue weighted by atomic mass is 10.1. The van der Waals surface area contributed by atoms with Crippen LogP contribution in [-0.2, 0) is 32.6 Å². The fraction of sp³-hybridized carbons (Fsp3) is 0.310. The molecule has 0 aromatic heterocycles. The van der Waals surface area contributed by atoms with Crippen LogP contribution >= 0.6 is 0 Å². The number of likely N-dealkylation sites (N-methyl/N-ethyl adjacent to an activating group) is 1. The molecule has 0 aliphatic heterocycles. The van der Waals surface area contributed by atoms with Crippen LogP contribution in [0.3, 0.4) is 0 Å². The lowest BCUT2D eigenvalue weighted by Gasteiger charge is -2.33. The molecule has 0 aliphatic rings. The van der Waals surface area contributed by atoms with Crippen LogP contribution in [0.15, 0.2) is 83.8 Å². The van der Waals surface area contributed by atoms with Gasteiger partial charge in [-0.15, -0.1) is 0 Å². The summed E-state index contributed by atoms with van der Waals surface area (Å²) in [4.78, 5) is 28.2. The Bertz CT molecular complexity index is 1310. The van der Waals surface area contributed by atoms with Crippen molar-refractivity contribution in [2.45, 2.75) is 51.1 Å². The summed E-state index contributed by atoms with van der Waals surface area (Å²) in [6.07, 6.45) is 1.09. The van der Waals surface area contributed by atoms with Crippen LogP contribution in [0.2, 0.25) is 0 Å². The van der Waals surface area contributed by atoms with Crippen LogP contribution in [-0.4, -0.2) is 44.3 Å². The number of benzene rings is 3. The number of halogens is 1. The number of carbonyl (C=O) groups excluding carboxylic acids is 2. The van der Waals surface area contributed by atoms with E-state index in [1.165, 1.54) is 29.2 Å². The van der Waals surface area contributed by atoms with Gasteiger partial charge >= 0.3 is 0 Å². The Morgan fingerprint density at radius 3 is 2.03 bits per heavy atom. The van der Waals surface area contributed by atoms with Crippen LogP contribution in [0.5, 0.6) is 0 Å². The largest absolute Gasteiger partial charge is 0.355 e. The first-order valence-electron chi connectivity index (χ1n) is 12.7. The molecule has 2 amide bonds. The Balaban J connectivity index is 2.04. The maximum absolute atomic E-state index is 13.9. The fourth-order valence-corrected chi connectivity index (χ4v) is 5.58. The summed E-state index contributed by atoms with van der Waals surface area (Å²) in [5.41, 5.74) is 1.98. The van der Waals surface area contributed by atoms with Crippen LogP contribution in [0, 0.1) is 5.82 Å². The standard InChI is InChI=1S/C29H34FN3O4S/c1-4-22-14-18-25(19-15-22)33(38(36,37)26-10-8-7-9-11-26)21-28(34)32(27(5-2)29(35)31-6-3)20-23-12-16-24(30)17-13-23/h7-19,27H,4-6,20-21H2,1-3H3,(H,31,35). The minimum Gasteiger partial charge on any atom is -0.355 e. The molecule has 0 bridgehead atoms. The van der Waals surface area contributed by atoms with Crippen molar-refractivity contribution in [3.05, 3.63) is 95.8 Å². The highest BCUT2D eigenvalue weighted by atomic mass is 32.2. The molecule has 9 heteroatoms. The summed E-state index contributed by atoms with van der Waals surface area (Å²) in [7, 11) is -4.11. The van der Waals surface area contributed by atoms with Gasteiger partial charge in [-0.2, -0.15) is 0 Å². The third kappa shape index (κ3) is 6.98. The van der Waals surface area contributed by atoms with Gasteiger partial charge in [-0.1, -0.05) is 56.3 Å². The molecule has 38 heavy (non-hydrogen) atoms. The smallest absolute Gasteiger partial charge is 0.264 e. The number of carbonyl (C=O) groups is 2. The van der Waals surface area contributed by atoms with Crippen LogP contribution < -0.4 is 9.62 Å². The second-order valence-corrected chi connectivity index (χ2v) is 10.7. The van der Waals surface area contributed by atoms with E-state index in [2.05, 4.69) is 5.32 Å². The second kappa shape index (κ2) is 13.2. The summed E-state index contributed by atoms with van der Waals surface area (Å²) in [6.45, 7) is 5.45. The molecule has 3 rings (SSSR count). The molecule has 3 aromatic rings. The van der Waals surface area contributed by atoms with E-state index < -0.39 is 34.3 Å². The molecule has 0 saturated carbocycles. The van der Waals surface area contributed by atoms with Gasteiger partial charge in [-0.05, 0) is 67.3 Å². The van der Waals surface area contributed by atoms with Crippen LogP contribution in [0.4, 0.5) is 10.1 Å². The highest BCUT2D eigenvalue weighted by molar-refractivity contribution is 7.92. The summed E-state index contributed by atoms with van der Waals surface area (Å²) >= 11 is 0. The van der Waals surface area contributed by atoms with E-state index in [4.69, 9.17) is 0 Å². The maximum Gasteiger partial charge on any atom is 0.264 e. The minimum atomic E-state index is -4.11. The highest BCUT2D eigenvalue weighted by Crippen LogP contribution is 2.25. The SMILES string of the molecule is CCNC(=O)C(CC)N(Cc1ccc(F)cc1)C(=O)CN(c1ccc(CC)cc1)S(=O)(=O)c1ccccc1. The quantitative estimate of drug-likeness (QED) is 0.367. The van der Waals surface area contributed by atoms with Crippen molar-refractivity contribution in [2.24, 2.45) is 0 Å². The zero-order chi connectivity index (χ0) is 27.7. The second-order valence-electron chi connectivity index (χ2n) is 8.81. The molecule has 0 fully saturated rings. The van der Waals surface area contributed by atoms with Gasteiger partial charge in [-0.3, -0.25) is 13.9 Å². The van der Waals surface area contributed by atoms with Crippen molar-refractivity contribution >= 4 is 27.5 Å². The van der Waals surface area contributed by atoms with Gasteiger partial charge in [0.1, 0.15) is 18.4 Å². The number of nitrogens with one attached hydrogen (secondary N) is 1. The van der Waals surface area contributed by atoms with E-state index in [9.17, 15) is 22.4 Å². The highest BCUT2D eigenvalue weighted by Gasteiger charge is 2.33. The fourth-order valence-electron chi connectivity index (χ4n) is 4.14. The minimum absolute atomic E-state index is 0.0166. The molecular weight excluding hydrogens is 505 g/mol. The Morgan fingerprint density at radius 1 is 0.868 bits per heavy atom. The number of sulfonamides is 1. The number of hydrogen-bond donors (Lipinski definition) is 1. The summed E-state index contributed by atoms with van der Waals surface area (Å²) in [5, 5.41) is 2.76. The van der Waals surface area contributed by atoms with Gasteiger partial charge in [0.15, 0.2) is 0 Å². The first kappa shape index (κ1) is 28.8. The number of amides is 2. The normalized spacial score (nSPS) is 12.0. The van der Waals surface area contributed by atoms with Crippen molar-refractivity contribution in [1.82, 2.24) is 10.2 Å². The number of rotatable bonds is 12. The number of hydrogen-bond acceptors (Lipinski definition) is 4. The summed E-state index contributed by atoms with van der Waals surface area (Å²) < 4.78 is 42.1. The molecule has 0 spiro atoms. The maximum atomic E-state index is 13.9. The van der Waals surface area contributed by atoms with Crippen molar-refractivity contribution in [2.75, 3.05) is 17.4 Å². The van der Waals surface area contributed by atoms with Crippen molar-refractivity contribution < 1.29 is 22.4 Å². The zero-order valence-corrected chi connectivity index (χ0v) is 22.7. The molecule has 1 N–H and O–H groups in total. The van der Waals surface area contributed by atoms with Gasteiger partial charge < -0.3 is 10.2 Å². The van der Waals surface area contributed by atoms with Gasteiger partial charge in [0.05, 0.1) is 10.6 Å². The molecule has 202 valence electrons. The van der Waals surface area contributed by atoms with Gasteiger partial charge in [0.2, 0.25) is 11.8 Å². The topological polar surface area (TPSA) is 86.8 Å². The molecule has 1 atom stereocenters. The zero-order valence-electron chi connectivity index (χ0n) is 21.9. The van der Waals surface area contributed by atoms with Crippen molar-refractivity contribution in [3.8, 4) is 0 Å². The van der Waals surface area contributed by atoms with Gasteiger partial charge in [0.25, 0.3) is 10.0 Å². The number of aryl methyl sites for hydroxylation is 1. The van der Waals surface area contributed by atoms with Crippen molar-refractivity contribution in [1.29, 1.82) is 0 Å². The Kier molecular flexibility index (Phi) is 10.0. The lowest BCUT2D eigenvalue weighted by molar-refractivity contribution is -0.140. The van der Waals surface area contributed by atoms with E-state index in [0.717, 1.165) is 16.3 Å². The van der Waals surface area contributed by atoms with E-state index >= 15 is 0 Å². The van der Waals surface area contributed by atoms with E-state index in [0.29, 0.717) is 24.2 Å². The van der Waals surface area contributed by atoms with E-state index in [1.807, 2.05) is 19.1 Å². The predicted molar refractivity (Wildman–Crippen MR) is 147 cm³/mol. The first-order valence-corrected chi connectivity index (χ1v) is 14.1. The average molecular weight is 540 g/mol. The number of nitrogens with zero attached hydrogens (tertiary/aromatic N) is 2.